The first kappa shape index (κ1) is 22.0. The zero-order valence-electron chi connectivity index (χ0n) is 16.7. The van der Waals surface area contributed by atoms with E-state index in [4.69, 9.17) is 4.74 Å². The predicted molar refractivity (Wildman–Crippen MR) is 115 cm³/mol. The summed E-state index contributed by atoms with van der Waals surface area (Å²) in [5, 5.41) is 0. The summed E-state index contributed by atoms with van der Waals surface area (Å²) in [6.07, 6.45) is 0.198. The van der Waals surface area contributed by atoms with E-state index in [9.17, 15) is 22.8 Å². The van der Waals surface area contributed by atoms with E-state index < -0.39 is 27.8 Å². The van der Waals surface area contributed by atoms with Crippen molar-refractivity contribution >= 4 is 50.6 Å². The fourth-order valence-electron chi connectivity index (χ4n) is 3.28. The number of esters is 1. The molecule has 0 spiro atoms. The van der Waals surface area contributed by atoms with Gasteiger partial charge in [-0.2, -0.15) is 8.75 Å². The van der Waals surface area contributed by atoms with Gasteiger partial charge in [-0.05, 0) is 30.7 Å². The van der Waals surface area contributed by atoms with Crippen LogP contribution in [0.2, 0.25) is 0 Å². The Morgan fingerprint density at radius 3 is 2.47 bits per heavy atom. The molecule has 0 saturated heterocycles. The average molecular weight is 475 g/mol. The smallest absolute Gasteiger partial charge is 0.305 e. The van der Waals surface area contributed by atoms with Crippen LogP contribution in [0, 0.1) is 0 Å². The monoisotopic (exact) mass is 474 g/mol. The Balaban J connectivity index is 1.20. The molecule has 12 heteroatoms. The van der Waals surface area contributed by atoms with Gasteiger partial charge in [0.1, 0.15) is 22.5 Å². The fraction of sp³-hybridized carbons (Fsp3) is 0.250. The molecular formula is C20H18N4O6S2. The van der Waals surface area contributed by atoms with Gasteiger partial charge in [0.05, 0.1) is 29.4 Å². The fourth-order valence-corrected chi connectivity index (χ4v) is 5.12. The molecule has 1 N–H and O–H groups in total. The third-order valence-corrected chi connectivity index (χ3v) is 6.88. The molecule has 1 aromatic heterocycles. The Hall–Kier alpha value is -3.22. The van der Waals surface area contributed by atoms with Crippen molar-refractivity contribution in [2.24, 2.45) is 0 Å². The maximum atomic E-state index is 12.5. The number of rotatable bonds is 9. The van der Waals surface area contributed by atoms with E-state index in [1.165, 1.54) is 6.07 Å². The number of aromatic nitrogens is 2. The van der Waals surface area contributed by atoms with Crippen LogP contribution in [0.25, 0.3) is 11.0 Å². The Morgan fingerprint density at radius 1 is 1.03 bits per heavy atom. The zero-order chi connectivity index (χ0) is 22.7. The molecule has 0 bridgehead atoms. The van der Waals surface area contributed by atoms with Crippen LogP contribution in [-0.2, 0) is 19.6 Å². The second-order valence-electron chi connectivity index (χ2n) is 6.92. The molecule has 0 aliphatic carbocycles. The highest BCUT2D eigenvalue weighted by molar-refractivity contribution is 7.89. The van der Waals surface area contributed by atoms with Crippen LogP contribution in [0.4, 0.5) is 0 Å². The van der Waals surface area contributed by atoms with Crippen LogP contribution in [0.1, 0.15) is 33.6 Å². The van der Waals surface area contributed by atoms with Crippen LogP contribution >= 0.6 is 11.7 Å². The summed E-state index contributed by atoms with van der Waals surface area (Å²) < 4.78 is 40.6. The molecule has 1 aliphatic rings. The Bertz CT molecular complexity index is 1270. The van der Waals surface area contributed by atoms with E-state index in [2.05, 4.69) is 13.5 Å². The molecule has 2 heterocycles. The Morgan fingerprint density at radius 2 is 1.75 bits per heavy atom. The molecule has 0 atom stereocenters. The highest BCUT2D eigenvalue weighted by atomic mass is 32.2. The minimum absolute atomic E-state index is 0.0207. The normalized spacial score (nSPS) is 13.6. The van der Waals surface area contributed by atoms with Crippen LogP contribution in [0.3, 0.4) is 0 Å². The predicted octanol–water partition coefficient (Wildman–Crippen LogP) is 1.59. The van der Waals surface area contributed by atoms with Gasteiger partial charge >= 0.3 is 5.97 Å². The summed E-state index contributed by atoms with van der Waals surface area (Å²) in [6.45, 7) is -0.144. The summed E-state index contributed by atoms with van der Waals surface area (Å²) in [6, 6.07) is 11.2. The molecule has 4 rings (SSSR count). The van der Waals surface area contributed by atoms with E-state index in [0.29, 0.717) is 22.2 Å². The molecule has 10 nitrogen and oxygen atoms in total. The molecule has 32 heavy (non-hydrogen) atoms. The SMILES string of the molecule is O=C(CCCNS(=O)(=O)c1cccc2nsnc12)OCCN1C(=O)c2ccccc2C1=O. The summed E-state index contributed by atoms with van der Waals surface area (Å²) in [5.74, 6) is -1.38. The lowest BCUT2D eigenvalue weighted by atomic mass is 10.1. The lowest BCUT2D eigenvalue weighted by Gasteiger charge is -2.13. The van der Waals surface area contributed by atoms with Crippen LogP contribution in [-0.4, -0.2) is 59.5 Å². The van der Waals surface area contributed by atoms with Gasteiger partial charge < -0.3 is 4.74 Å². The van der Waals surface area contributed by atoms with Gasteiger partial charge in [0, 0.05) is 13.0 Å². The first-order valence-electron chi connectivity index (χ1n) is 9.70. The van der Waals surface area contributed by atoms with Crippen molar-refractivity contribution in [3.63, 3.8) is 0 Å². The number of benzene rings is 2. The highest BCUT2D eigenvalue weighted by Gasteiger charge is 2.34. The van der Waals surface area contributed by atoms with Crippen molar-refractivity contribution in [2.75, 3.05) is 19.7 Å². The minimum atomic E-state index is -3.80. The van der Waals surface area contributed by atoms with Crippen molar-refractivity contribution < 1.29 is 27.5 Å². The number of nitrogens with one attached hydrogen (secondary N) is 1. The van der Waals surface area contributed by atoms with Crippen LogP contribution in [0.5, 0.6) is 0 Å². The second kappa shape index (κ2) is 9.10. The average Bonchev–Trinajstić information content (AvgIpc) is 3.36. The highest BCUT2D eigenvalue weighted by Crippen LogP contribution is 2.22. The summed E-state index contributed by atoms with van der Waals surface area (Å²) >= 11 is 0.930. The topological polar surface area (TPSA) is 136 Å². The van der Waals surface area contributed by atoms with Crippen molar-refractivity contribution in [3.05, 3.63) is 53.6 Å². The van der Waals surface area contributed by atoms with E-state index in [1.54, 1.807) is 36.4 Å². The Labute approximate surface area is 187 Å². The van der Waals surface area contributed by atoms with Crippen molar-refractivity contribution in [2.45, 2.75) is 17.7 Å². The number of carbonyl (C=O) groups is 3. The number of hydrogen-bond donors (Lipinski definition) is 1. The number of nitrogens with zero attached hydrogens (tertiary/aromatic N) is 3. The quantitative estimate of drug-likeness (QED) is 0.281. The van der Waals surface area contributed by atoms with Crippen molar-refractivity contribution in [3.8, 4) is 0 Å². The first-order chi connectivity index (χ1) is 15.4. The number of ether oxygens (including phenoxy) is 1. The van der Waals surface area contributed by atoms with Gasteiger partial charge in [-0.15, -0.1) is 0 Å². The molecule has 2 aromatic carbocycles. The molecule has 0 radical (unpaired) electrons. The molecule has 0 unspecified atom stereocenters. The molecular weight excluding hydrogens is 456 g/mol. The lowest BCUT2D eigenvalue weighted by molar-refractivity contribution is -0.143. The zero-order valence-corrected chi connectivity index (χ0v) is 18.3. The number of amides is 2. The molecule has 3 aromatic rings. The van der Waals surface area contributed by atoms with Gasteiger partial charge in [0.2, 0.25) is 10.0 Å². The van der Waals surface area contributed by atoms with E-state index in [1.807, 2.05) is 0 Å². The van der Waals surface area contributed by atoms with Gasteiger partial charge in [0.15, 0.2) is 0 Å². The molecule has 166 valence electrons. The van der Waals surface area contributed by atoms with E-state index in [0.717, 1.165) is 16.6 Å². The summed E-state index contributed by atoms with van der Waals surface area (Å²) in [5.41, 5.74) is 1.47. The standard InChI is InChI=1S/C20H18N4O6S2/c25-17(30-12-11-24-19(26)13-5-1-2-6-14(13)20(24)27)9-4-10-21-32(28,29)16-8-3-7-15-18(16)23-31-22-15/h1-3,5-8,21H,4,9-12H2. The van der Waals surface area contributed by atoms with Crippen molar-refractivity contribution in [1.29, 1.82) is 0 Å². The van der Waals surface area contributed by atoms with Crippen molar-refractivity contribution in [1.82, 2.24) is 18.4 Å². The van der Waals surface area contributed by atoms with Gasteiger partial charge in [0.25, 0.3) is 11.8 Å². The first-order valence-corrected chi connectivity index (χ1v) is 11.9. The maximum absolute atomic E-state index is 12.5. The number of imide groups is 1. The van der Waals surface area contributed by atoms with Crippen LogP contribution in [0.15, 0.2) is 47.4 Å². The second-order valence-corrected chi connectivity index (χ2v) is 9.18. The molecule has 2 amide bonds. The third-order valence-electron chi connectivity index (χ3n) is 4.84. The van der Waals surface area contributed by atoms with Crippen LogP contribution < -0.4 is 4.72 Å². The molecule has 0 saturated carbocycles. The minimum Gasteiger partial charge on any atom is -0.464 e. The van der Waals surface area contributed by atoms with Gasteiger partial charge in [-0.25, -0.2) is 13.1 Å². The van der Waals surface area contributed by atoms with Gasteiger partial charge in [-0.3, -0.25) is 19.3 Å². The largest absolute Gasteiger partial charge is 0.464 e. The number of sulfonamides is 1. The molecule has 0 fully saturated rings. The summed E-state index contributed by atoms with van der Waals surface area (Å²) in [4.78, 5) is 37.5. The number of fused-ring (bicyclic) bond motifs is 2. The van der Waals surface area contributed by atoms with E-state index >= 15 is 0 Å². The van der Waals surface area contributed by atoms with E-state index in [-0.39, 0.29) is 37.4 Å². The lowest BCUT2D eigenvalue weighted by Crippen LogP contribution is -2.33. The number of hydrogen-bond acceptors (Lipinski definition) is 9. The maximum Gasteiger partial charge on any atom is 0.305 e. The molecule has 1 aliphatic heterocycles. The van der Waals surface area contributed by atoms with Gasteiger partial charge in [-0.1, -0.05) is 18.2 Å². The Kier molecular flexibility index (Phi) is 6.26. The summed E-state index contributed by atoms with van der Waals surface area (Å²) in [7, 11) is -3.80. The third kappa shape index (κ3) is 4.38. The number of carbonyl (C=O) groups excluding carboxylic acids is 3.